The lowest BCUT2D eigenvalue weighted by molar-refractivity contribution is 0.111. The van der Waals surface area contributed by atoms with Crippen LogP contribution in [0, 0.1) is 0 Å². The van der Waals surface area contributed by atoms with Crippen LogP contribution in [-0.4, -0.2) is 24.0 Å². The van der Waals surface area contributed by atoms with Crippen LogP contribution in [0.2, 0.25) is 0 Å². The number of thiazole rings is 1. The van der Waals surface area contributed by atoms with Gasteiger partial charge < -0.3 is 4.74 Å². The van der Waals surface area contributed by atoms with Gasteiger partial charge in [0.05, 0.1) is 6.61 Å². The summed E-state index contributed by atoms with van der Waals surface area (Å²) >= 11 is 1.19. The predicted molar refractivity (Wildman–Crippen MR) is 57.4 cm³/mol. The maximum Gasteiger partial charge on any atom is 0.413 e. The Balaban J connectivity index is 2.34. The number of hydrogen-bond donors (Lipinski definition) is 1. The van der Waals surface area contributed by atoms with Crippen molar-refractivity contribution in [1.29, 1.82) is 0 Å². The Morgan fingerprint density at radius 1 is 1.73 bits per heavy atom. The molecule has 0 spiro atoms. The van der Waals surface area contributed by atoms with E-state index in [0.29, 0.717) is 23.7 Å². The molecule has 1 aromatic heterocycles. The van der Waals surface area contributed by atoms with Gasteiger partial charge in [0.15, 0.2) is 11.4 Å². The van der Waals surface area contributed by atoms with Gasteiger partial charge >= 0.3 is 6.09 Å². The van der Waals surface area contributed by atoms with Gasteiger partial charge in [-0.3, -0.25) is 10.1 Å². The zero-order chi connectivity index (χ0) is 11.1. The van der Waals surface area contributed by atoms with E-state index < -0.39 is 6.09 Å². The minimum atomic E-state index is -0.532. The first-order chi connectivity index (χ1) is 7.26. The number of ether oxygens (including phenoxy) is 1. The molecule has 1 heterocycles. The highest BCUT2D eigenvalue weighted by molar-refractivity contribution is 7.14. The van der Waals surface area contributed by atoms with Crippen molar-refractivity contribution in [2.24, 2.45) is 0 Å². The fourth-order valence-corrected chi connectivity index (χ4v) is 1.47. The number of carbonyl (C=O) groups is 2. The molecule has 1 aromatic rings. The van der Waals surface area contributed by atoms with Gasteiger partial charge in [0.2, 0.25) is 0 Å². The quantitative estimate of drug-likeness (QED) is 0.620. The second kappa shape index (κ2) is 6.13. The molecule has 0 aromatic carbocycles. The van der Waals surface area contributed by atoms with Crippen molar-refractivity contribution in [2.75, 3.05) is 11.9 Å². The van der Waals surface area contributed by atoms with Crippen LogP contribution in [0.3, 0.4) is 0 Å². The number of anilines is 1. The number of hydrogen-bond acceptors (Lipinski definition) is 5. The van der Waals surface area contributed by atoms with Crippen LogP contribution in [0.5, 0.6) is 0 Å². The fourth-order valence-electron chi connectivity index (χ4n) is 0.830. The molecule has 0 bridgehead atoms. The van der Waals surface area contributed by atoms with Crippen LogP contribution in [0.15, 0.2) is 5.38 Å². The van der Waals surface area contributed by atoms with Gasteiger partial charge in [-0.1, -0.05) is 13.3 Å². The van der Waals surface area contributed by atoms with Gasteiger partial charge in [-0.2, -0.15) is 0 Å². The topological polar surface area (TPSA) is 68.3 Å². The molecule has 0 fully saturated rings. The smallest absolute Gasteiger partial charge is 0.413 e. The summed E-state index contributed by atoms with van der Waals surface area (Å²) in [5, 5.41) is 4.38. The third kappa shape index (κ3) is 4.07. The van der Waals surface area contributed by atoms with Gasteiger partial charge in [-0.05, 0) is 6.42 Å². The molecule has 5 nitrogen and oxygen atoms in total. The van der Waals surface area contributed by atoms with Crippen LogP contribution in [-0.2, 0) is 4.74 Å². The molecule has 0 saturated carbocycles. The van der Waals surface area contributed by atoms with Crippen LogP contribution >= 0.6 is 11.3 Å². The molecule has 0 aliphatic heterocycles. The van der Waals surface area contributed by atoms with Gasteiger partial charge in [0, 0.05) is 5.38 Å². The van der Waals surface area contributed by atoms with Crippen molar-refractivity contribution < 1.29 is 14.3 Å². The number of unbranched alkanes of at least 4 members (excludes halogenated alkanes) is 1. The van der Waals surface area contributed by atoms with E-state index in [0.717, 1.165) is 12.8 Å². The normalized spacial score (nSPS) is 9.67. The third-order valence-electron chi connectivity index (χ3n) is 1.58. The molecular formula is C9H12N2O3S. The predicted octanol–water partition coefficient (Wildman–Crippen LogP) is 2.30. The van der Waals surface area contributed by atoms with Gasteiger partial charge in [-0.25, -0.2) is 9.78 Å². The molecule has 0 atom stereocenters. The summed E-state index contributed by atoms with van der Waals surface area (Å²) in [4.78, 5) is 25.3. The molecule has 1 N–H and O–H groups in total. The number of carbonyl (C=O) groups excluding carboxylic acids is 2. The van der Waals surface area contributed by atoms with Gasteiger partial charge in [0.1, 0.15) is 5.69 Å². The number of aromatic nitrogens is 1. The molecule has 0 aliphatic rings. The Morgan fingerprint density at radius 3 is 3.13 bits per heavy atom. The highest BCUT2D eigenvalue weighted by Gasteiger charge is 2.06. The Labute approximate surface area is 91.5 Å². The number of rotatable bonds is 5. The van der Waals surface area contributed by atoms with Crippen molar-refractivity contribution in [3.63, 3.8) is 0 Å². The summed E-state index contributed by atoms with van der Waals surface area (Å²) in [5.41, 5.74) is 0.309. The van der Waals surface area contributed by atoms with Gasteiger partial charge in [-0.15, -0.1) is 11.3 Å². The lowest BCUT2D eigenvalue weighted by atomic mass is 10.4. The average molecular weight is 228 g/mol. The van der Waals surface area contributed by atoms with Gasteiger partial charge in [0.25, 0.3) is 0 Å². The van der Waals surface area contributed by atoms with Crippen molar-refractivity contribution in [1.82, 2.24) is 4.98 Å². The molecule has 0 radical (unpaired) electrons. The molecular weight excluding hydrogens is 216 g/mol. The Bertz CT molecular complexity index is 338. The second-order valence-electron chi connectivity index (χ2n) is 2.81. The molecule has 0 saturated heterocycles. The summed E-state index contributed by atoms with van der Waals surface area (Å²) in [6, 6.07) is 0. The SMILES string of the molecule is CCCCOC(=O)Nc1nc(C=O)cs1. The van der Waals surface area contributed by atoms with E-state index in [1.807, 2.05) is 6.92 Å². The summed E-state index contributed by atoms with van der Waals surface area (Å²) in [6.45, 7) is 2.41. The monoisotopic (exact) mass is 228 g/mol. The summed E-state index contributed by atoms with van der Waals surface area (Å²) < 4.78 is 4.86. The lowest BCUT2D eigenvalue weighted by Gasteiger charge is -2.02. The van der Waals surface area contributed by atoms with Crippen LogP contribution in [0.25, 0.3) is 0 Å². The second-order valence-corrected chi connectivity index (χ2v) is 3.67. The van der Waals surface area contributed by atoms with Crippen molar-refractivity contribution in [3.8, 4) is 0 Å². The minimum Gasteiger partial charge on any atom is -0.449 e. The minimum absolute atomic E-state index is 0.309. The number of aldehydes is 1. The number of nitrogens with zero attached hydrogens (tertiary/aromatic N) is 1. The first-order valence-corrected chi connectivity index (χ1v) is 5.48. The van der Waals surface area contributed by atoms with Crippen molar-refractivity contribution in [3.05, 3.63) is 11.1 Å². The van der Waals surface area contributed by atoms with E-state index in [1.54, 1.807) is 5.38 Å². The third-order valence-corrected chi connectivity index (χ3v) is 2.36. The van der Waals surface area contributed by atoms with Crippen molar-refractivity contribution >= 4 is 28.8 Å². The molecule has 0 unspecified atom stereocenters. The standard InChI is InChI=1S/C9H12N2O3S/c1-2-3-4-14-9(13)11-8-10-7(5-12)6-15-8/h5-6H,2-4H2,1H3,(H,10,11,13). The zero-order valence-electron chi connectivity index (χ0n) is 8.36. The van der Waals surface area contributed by atoms with Crippen LogP contribution in [0.4, 0.5) is 9.93 Å². The summed E-state index contributed by atoms with van der Waals surface area (Å²) in [5.74, 6) is 0. The van der Waals surface area contributed by atoms with Crippen LogP contribution in [0.1, 0.15) is 30.3 Å². The molecule has 1 rings (SSSR count). The molecule has 0 aliphatic carbocycles. The Morgan fingerprint density at radius 2 is 2.53 bits per heavy atom. The van der Waals surface area contributed by atoms with E-state index in [-0.39, 0.29) is 0 Å². The summed E-state index contributed by atoms with van der Waals surface area (Å²) in [7, 11) is 0. The average Bonchev–Trinajstić information content (AvgIpc) is 2.66. The van der Waals surface area contributed by atoms with E-state index in [2.05, 4.69) is 10.3 Å². The van der Waals surface area contributed by atoms with Crippen molar-refractivity contribution in [2.45, 2.75) is 19.8 Å². The number of nitrogens with one attached hydrogen (secondary N) is 1. The summed E-state index contributed by atoms with van der Waals surface area (Å²) in [6.07, 6.45) is 1.91. The largest absolute Gasteiger partial charge is 0.449 e. The molecule has 6 heteroatoms. The highest BCUT2D eigenvalue weighted by atomic mass is 32.1. The number of amides is 1. The van der Waals surface area contributed by atoms with E-state index >= 15 is 0 Å². The molecule has 15 heavy (non-hydrogen) atoms. The molecule has 1 amide bonds. The Hall–Kier alpha value is -1.43. The lowest BCUT2D eigenvalue weighted by Crippen LogP contribution is -2.14. The first kappa shape index (κ1) is 11.6. The zero-order valence-corrected chi connectivity index (χ0v) is 9.17. The fraction of sp³-hybridized carbons (Fsp3) is 0.444. The molecule has 82 valence electrons. The highest BCUT2D eigenvalue weighted by Crippen LogP contribution is 2.14. The van der Waals surface area contributed by atoms with E-state index in [9.17, 15) is 9.59 Å². The van der Waals surface area contributed by atoms with E-state index in [4.69, 9.17) is 4.74 Å². The van der Waals surface area contributed by atoms with Crippen LogP contribution < -0.4 is 5.32 Å². The maximum atomic E-state index is 11.1. The Kier molecular flexibility index (Phi) is 4.76. The maximum absolute atomic E-state index is 11.1. The van der Waals surface area contributed by atoms with E-state index in [1.165, 1.54) is 11.3 Å². The first-order valence-electron chi connectivity index (χ1n) is 4.60.